The van der Waals surface area contributed by atoms with Crippen LogP contribution in [0.4, 0.5) is 5.69 Å². The van der Waals surface area contributed by atoms with Crippen LogP contribution in [0.3, 0.4) is 0 Å². The first-order valence-electron chi connectivity index (χ1n) is 5.36. The molecule has 1 aromatic carbocycles. The van der Waals surface area contributed by atoms with Crippen molar-refractivity contribution in [1.29, 1.82) is 0 Å². The molecular formula is C13H14N2O. The lowest BCUT2D eigenvalue weighted by molar-refractivity contribution is -0.115. The van der Waals surface area contributed by atoms with Crippen molar-refractivity contribution in [3.8, 4) is 0 Å². The monoisotopic (exact) mass is 214 g/mol. The molecule has 82 valence electrons. The number of nitrogens with zero attached hydrogens (tertiary/aromatic N) is 1. The fourth-order valence-electron chi connectivity index (χ4n) is 1.55. The highest BCUT2D eigenvalue weighted by Gasteiger charge is 2.01. The Morgan fingerprint density at radius 1 is 1.31 bits per heavy atom. The first kappa shape index (κ1) is 10.6. The third kappa shape index (κ3) is 2.19. The number of nitrogens with one attached hydrogen (secondary N) is 1. The van der Waals surface area contributed by atoms with Crippen molar-refractivity contribution in [2.24, 2.45) is 0 Å². The molecule has 0 aliphatic carbocycles. The number of pyridine rings is 1. The number of carbonyl (C=O) groups excluding carboxylic acids is 1. The van der Waals surface area contributed by atoms with Gasteiger partial charge in [-0.15, -0.1) is 0 Å². The summed E-state index contributed by atoms with van der Waals surface area (Å²) in [7, 11) is 0. The molecule has 0 fully saturated rings. The molecule has 0 saturated heterocycles. The lowest BCUT2D eigenvalue weighted by Crippen LogP contribution is -2.09. The second-order valence-corrected chi connectivity index (χ2v) is 3.76. The second kappa shape index (κ2) is 4.31. The van der Waals surface area contributed by atoms with Crippen molar-refractivity contribution < 1.29 is 4.79 Å². The van der Waals surface area contributed by atoms with Gasteiger partial charge in [0.05, 0.1) is 5.52 Å². The van der Waals surface area contributed by atoms with Crippen LogP contribution in [0, 0.1) is 6.92 Å². The van der Waals surface area contributed by atoms with Crippen LogP contribution < -0.4 is 5.32 Å². The van der Waals surface area contributed by atoms with Crippen molar-refractivity contribution >= 4 is 22.5 Å². The number of aromatic nitrogens is 1. The van der Waals surface area contributed by atoms with E-state index in [9.17, 15) is 4.79 Å². The predicted octanol–water partition coefficient (Wildman–Crippen LogP) is 2.89. The maximum Gasteiger partial charge on any atom is 0.224 e. The number of aryl methyl sites for hydroxylation is 1. The van der Waals surface area contributed by atoms with E-state index in [4.69, 9.17) is 0 Å². The lowest BCUT2D eigenvalue weighted by Gasteiger charge is -2.05. The Kier molecular flexibility index (Phi) is 2.86. The van der Waals surface area contributed by atoms with Crippen molar-refractivity contribution in [2.75, 3.05) is 5.32 Å². The van der Waals surface area contributed by atoms with Crippen LogP contribution in [0.5, 0.6) is 0 Å². The number of benzene rings is 1. The summed E-state index contributed by atoms with van der Waals surface area (Å²) < 4.78 is 0. The summed E-state index contributed by atoms with van der Waals surface area (Å²) in [4.78, 5) is 15.6. The predicted molar refractivity (Wildman–Crippen MR) is 65.4 cm³/mol. The topological polar surface area (TPSA) is 42.0 Å². The number of anilines is 1. The third-order valence-corrected chi connectivity index (χ3v) is 2.43. The van der Waals surface area contributed by atoms with Gasteiger partial charge in [-0.05, 0) is 31.2 Å². The van der Waals surface area contributed by atoms with Gasteiger partial charge in [0.1, 0.15) is 0 Å². The van der Waals surface area contributed by atoms with E-state index < -0.39 is 0 Å². The van der Waals surface area contributed by atoms with Crippen molar-refractivity contribution in [3.63, 3.8) is 0 Å². The fraction of sp³-hybridized carbons (Fsp3) is 0.231. The lowest BCUT2D eigenvalue weighted by atomic mass is 10.2. The molecule has 0 atom stereocenters. The molecule has 3 nitrogen and oxygen atoms in total. The maximum absolute atomic E-state index is 11.2. The van der Waals surface area contributed by atoms with Gasteiger partial charge in [0.15, 0.2) is 0 Å². The van der Waals surface area contributed by atoms with Gasteiger partial charge in [0.25, 0.3) is 0 Å². The molecule has 2 aromatic rings. The Morgan fingerprint density at radius 3 is 2.88 bits per heavy atom. The average molecular weight is 214 g/mol. The first-order chi connectivity index (χ1) is 7.69. The van der Waals surface area contributed by atoms with Crippen LogP contribution in [0.1, 0.15) is 19.0 Å². The zero-order chi connectivity index (χ0) is 11.5. The standard InChI is InChI=1S/C13H14N2O/c1-3-13(16)15-11-6-7-12-10(8-11)5-4-9(2)14-12/h4-8H,3H2,1-2H3,(H,15,16). The maximum atomic E-state index is 11.2. The molecular weight excluding hydrogens is 200 g/mol. The molecule has 0 saturated carbocycles. The molecule has 2 rings (SSSR count). The molecule has 0 aliphatic rings. The Balaban J connectivity index is 2.37. The van der Waals surface area contributed by atoms with Gasteiger partial charge in [-0.2, -0.15) is 0 Å². The molecule has 0 bridgehead atoms. The molecule has 0 spiro atoms. The summed E-state index contributed by atoms with van der Waals surface area (Å²) in [6.45, 7) is 3.80. The number of rotatable bonds is 2. The zero-order valence-corrected chi connectivity index (χ0v) is 9.45. The van der Waals surface area contributed by atoms with Crippen LogP contribution in [0.25, 0.3) is 10.9 Å². The van der Waals surface area contributed by atoms with Gasteiger partial charge >= 0.3 is 0 Å². The largest absolute Gasteiger partial charge is 0.326 e. The zero-order valence-electron chi connectivity index (χ0n) is 9.45. The highest BCUT2D eigenvalue weighted by molar-refractivity contribution is 5.93. The summed E-state index contributed by atoms with van der Waals surface area (Å²) in [6.07, 6.45) is 0.490. The van der Waals surface area contributed by atoms with Gasteiger partial charge in [0, 0.05) is 23.2 Å². The minimum Gasteiger partial charge on any atom is -0.326 e. The Morgan fingerprint density at radius 2 is 2.12 bits per heavy atom. The fourth-order valence-corrected chi connectivity index (χ4v) is 1.55. The molecule has 1 aromatic heterocycles. The Hall–Kier alpha value is -1.90. The normalized spacial score (nSPS) is 10.4. The van der Waals surface area contributed by atoms with Gasteiger partial charge < -0.3 is 5.32 Å². The van der Waals surface area contributed by atoms with Crippen molar-refractivity contribution in [1.82, 2.24) is 4.98 Å². The summed E-state index contributed by atoms with van der Waals surface area (Å²) in [6, 6.07) is 9.72. The molecule has 1 N–H and O–H groups in total. The quantitative estimate of drug-likeness (QED) is 0.835. The Bertz CT molecular complexity index is 534. The molecule has 16 heavy (non-hydrogen) atoms. The smallest absolute Gasteiger partial charge is 0.224 e. The number of hydrogen-bond acceptors (Lipinski definition) is 2. The van der Waals surface area contributed by atoms with E-state index >= 15 is 0 Å². The first-order valence-corrected chi connectivity index (χ1v) is 5.36. The highest BCUT2D eigenvalue weighted by Crippen LogP contribution is 2.18. The van der Waals surface area contributed by atoms with E-state index in [1.807, 2.05) is 44.2 Å². The van der Waals surface area contributed by atoms with Crippen LogP contribution >= 0.6 is 0 Å². The van der Waals surface area contributed by atoms with E-state index in [0.29, 0.717) is 6.42 Å². The number of fused-ring (bicyclic) bond motifs is 1. The molecule has 0 unspecified atom stereocenters. The van der Waals surface area contributed by atoms with E-state index in [2.05, 4.69) is 10.3 Å². The van der Waals surface area contributed by atoms with E-state index in [1.165, 1.54) is 0 Å². The molecule has 3 heteroatoms. The van der Waals surface area contributed by atoms with Gasteiger partial charge in [-0.1, -0.05) is 13.0 Å². The van der Waals surface area contributed by atoms with E-state index in [-0.39, 0.29) is 5.91 Å². The van der Waals surface area contributed by atoms with Gasteiger partial charge in [0.2, 0.25) is 5.91 Å². The third-order valence-electron chi connectivity index (χ3n) is 2.43. The highest BCUT2D eigenvalue weighted by atomic mass is 16.1. The summed E-state index contributed by atoms with van der Waals surface area (Å²) >= 11 is 0. The van der Waals surface area contributed by atoms with Crippen LogP contribution in [0.15, 0.2) is 30.3 Å². The minimum absolute atomic E-state index is 0.0272. The molecule has 1 heterocycles. The van der Waals surface area contributed by atoms with Crippen molar-refractivity contribution in [2.45, 2.75) is 20.3 Å². The number of carbonyl (C=O) groups is 1. The SMILES string of the molecule is CCC(=O)Nc1ccc2nc(C)ccc2c1. The summed E-state index contributed by atoms with van der Waals surface area (Å²) in [5.41, 5.74) is 2.78. The Labute approximate surface area is 94.5 Å². The van der Waals surface area contributed by atoms with Crippen LogP contribution in [-0.2, 0) is 4.79 Å². The van der Waals surface area contributed by atoms with Crippen LogP contribution in [0.2, 0.25) is 0 Å². The van der Waals surface area contributed by atoms with Crippen molar-refractivity contribution in [3.05, 3.63) is 36.0 Å². The molecule has 0 aliphatic heterocycles. The van der Waals surface area contributed by atoms with Gasteiger partial charge in [-0.3, -0.25) is 9.78 Å². The molecule has 0 radical (unpaired) electrons. The molecule has 1 amide bonds. The summed E-state index contributed by atoms with van der Waals surface area (Å²) in [5.74, 6) is 0.0272. The van der Waals surface area contributed by atoms with Gasteiger partial charge in [-0.25, -0.2) is 0 Å². The number of amides is 1. The van der Waals surface area contributed by atoms with E-state index in [1.54, 1.807) is 0 Å². The minimum atomic E-state index is 0.0272. The van der Waals surface area contributed by atoms with E-state index in [0.717, 1.165) is 22.3 Å². The number of hydrogen-bond donors (Lipinski definition) is 1. The summed E-state index contributed by atoms with van der Waals surface area (Å²) in [5, 5.41) is 3.87. The average Bonchev–Trinajstić information content (AvgIpc) is 2.29. The second-order valence-electron chi connectivity index (χ2n) is 3.76. The van der Waals surface area contributed by atoms with Crippen LogP contribution in [-0.4, -0.2) is 10.9 Å².